The van der Waals surface area contributed by atoms with E-state index in [1.54, 1.807) is 30.3 Å². The third kappa shape index (κ3) is 4.76. The van der Waals surface area contributed by atoms with Crippen LogP contribution in [0.3, 0.4) is 0 Å². The van der Waals surface area contributed by atoms with Crippen molar-refractivity contribution in [3.05, 3.63) is 60.7 Å². The van der Waals surface area contributed by atoms with Gasteiger partial charge < -0.3 is 14.8 Å². The molecule has 3 aromatic rings. The highest BCUT2D eigenvalue weighted by Gasteiger charge is 2.28. The Kier molecular flexibility index (Phi) is 8.53. The summed E-state index contributed by atoms with van der Waals surface area (Å²) in [6.07, 6.45) is 0. The molecule has 0 atom stereocenters. The van der Waals surface area contributed by atoms with E-state index in [-0.39, 0.29) is 50.0 Å². The quantitative estimate of drug-likeness (QED) is 0.180. The van der Waals surface area contributed by atoms with Crippen LogP contribution in [0.2, 0.25) is 10.0 Å². The second kappa shape index (κ2) is 11.2. The number of thiophene rings is 1. The lowest BCUT2D eigenvalue weighted by atomic mass is 10.2. The molecule has 0 aliphatic carbocycles. The molecule has 0 radical (unpaired) electrons. The Morgan fingerprint density at radius 1 is 1.18 bits per heavy atom. The fraction of sp³-hybridized carbons (Fsp3) is 0.136. The molecule has 0 aliphatic heterocycles. The minimum atomic E-state index is -0.597. The predicted octanol–water partition coefficient (Wildman–Crippen LogP) is 7.19. The summed E-state index contributed by atoms with van der Waals surface area (Å²) in [5, 5.41) is 4.73. The molecule has 0 saturated carbocycles. The van der Waals surface area contributed by atoms with Gasteiger partial charge in [-0.2, -0.15) is 5.12 Å². The first-order valence-corrected chi connectivity index (χ1v) is 11.9. The second-order valence-corrected chi connectivity index (χ2v) is 8.91. The van der Waals surface area contributed by atoms with E-state index in [1.165, 1.54) is 26.6 Å². The molecule has 12 heteroatoms. The summed E-state index contributed by atoms with van der Waals surface area (Å²) in [4.78, 5) is 21.5. The number of methoxy groups -OCH3 is 2. The van der Waals surface area contributed by atoms with Crippen LogP contribution in [0.5, 0.6) is 11.5 Å². The number of carbonyl (C=O) groups is 1. The first kappa shape index (κ1) is 26.0. The lowest BCUT2D eigenvalue weighted by Gasteiger charge is -2.17. The van der Waals surface area contributed by atoms with Crippen LogP contribution in [0.15, 0.2) is 50.2 Å². The number of anilines is 2. The molecule has 0 saturated heterocycles. The molecule has 7 nitrogen and oxygen atoms in total. The van der Waals surface area contributed by atoms with Crippen molar-refractivity contribution in [1.29, 1.82) is 0 Å². The molecule has 0 unspecified atom stereocenters. The molecule has 0 fully saturated rings. The van der Waals surface area contributed by atoms with Gasteiger partial charge in [0, 0.05) is 12.4 Å². The van der Waals surface area contributed by atoms with Crippen LogP contribution in [-0.2, 0) is 0 Å². The fourth-order valence-corrected chi connectivity index (χ4v) is 5.70. The number of nitrogens with zero attached hydrogens (tertiary/aromatic N) is 3. The smallest absolute Gasteiger partial charge is 0.258 e. The first-order valence-electron chi connectivity index (χ1n) is 9.46. The van der Waals surface area contributed by atoms with Crippen LogP contribution >= 0.6 is 50.5 Å². The number of rotatable bonds is 7. The molecule has 178 valence electrons. The number of aliphatic imine (C=N–C) groups is 2. The Balaban J connectivity index is 2.02. The minimum absolute atomic E-state index is 0.0271. The highest BCUT2D eigenvalue weighted by molar-refractivity contribution is 9.10. The van der Waals surface area contributed by atoms with Gasteiger partial charge >= 0.3 is 0 Å². The largest absolute Gasteiger partial charge is 0.494 e. The van der Waals surface area contributed by atoms with Crippen molar-refractivity contribution in [1.82, 2.24) is 0 Å². The number of carbonyl (C=O) groups excluding carboxylic acids is 1. The highest BCUT2D eigenvalue weighted by Crippen LogP contribution is 2.50. The van der Waals surface area contributed by atoms with E-state index in [2.05, 4.69) is 37.9 Å². The predicted molar refractivity (Wildman–Crippen MR) is 141 cm³/mol. The van der Waals surface area contributed by atoms with Crippen molar-refractivity contribution in [2.45, 2.75) is 0 Å². The molecule has 0 bridgehead atoms. The average Bonchev–Trinajstić information content (AvgIpc) is 3.27. The molecular weight excluding hydrogens is 570 g/mol. The molecule has 3 rings (SSSR count). The number of para-hydroxylation sites is 1. The first-order chi connectivity index (χ1) is 16.3. The van der Waals surface area contributed by atoms with Gasteiger partial charge in [0.25, 0.3) is 5.91 Å². The van der Waals surface area contributed by atoms with Crippen LogP contribution in [-0.4, -0.2) is 39.7 Å². The molecule has 1 N–H and O–H groups in total. The summed E-state index contributed by atoms with van der Waals surface area (Å²) in [5.41, 5.74) is 0.634. The third-order valence-electron chi connectivity index (χ3n) is 4.63. The molecular formula is C22H18BrCl2FN4O3S. The number of hydrogen-bond acceptors (Lipinski definition) is 6. The molecule has 0 aliphatic rings. The van der Waals surface area contributed by atoms with Crippen molar-refractivity contribution in [2.75, 3.05) is 31.7 Å². The van der Waals surface area contributed by atoms with E-state index in [0.29, 0.717) is 14.5 Å². The van der Waals surface area contributed by atoms with Gasteiger partial charge in [-0.05, 0) is 34.8 Å². The number of hydrogen-bond donors (Lipinski definition) is 1. The molecule has 1 aromatic heterocycles. The van der Waals surface area contributed by atoms with E-state index in [4.69, 9.17) is 32.7 Å². The molecule has 0 spiro atoms. The summed E-state index contributed by atoms with van der Waals surface area (Å²) in [7, 11) is 4.27. The van der Waals surface area contributed by atoms with Gasteiger partial charge in [0.15, 0.2) is 17.3 Å². The van der Waals surface area contributed by atoms with Gasteiger partial charge in [0.1, 0.15) is 14.5 Å². The number of benzene rings is 2. The van der Waals surface area contributed by atoms with Crippen molar-refractivity contribution < 1.29 is 18.7 Å². The summed E-state index contributed by atoms with van der Waals surface area (Å²) < 4.78 is 26.2. The molecule has 2 aromatic carbocycles. The monoisotopic (exact) mass is 586 g/mol. The maximum absolute atomic E-state index is 15.1. The molecule has 1 heterocycles. The average molecular weight is 588 g/mol. The Labute approximate surface area is 217 Å². The van der Waals surface area contributed by atoms with Crippen molar-refractivity contribution in [3.8, 4) is 11.5 Å². The Morgan fingerprint density at radius 2 is 1.76 bits per heavy atom. The van der Waals surface area contributed by atoms with Crippen molar-refractivity contribution in [3.63, 3.8) is 0 Å². The van der Waals surface area contributed by atoms with Crippen LogP contribution in [0.4, 0.5) is 21.5 Å². The Morgan fingerprint density at radius 3 is 2.26 bits per heavy atom. The number of nitrogens with one attached hydrogen (secondary N) is 1. The summed E-state index contributed by atoms with van der Waals surface area (Å²) in [6.45, 7) is 3.55. The van der Waals surface area contributed by atoms with Gasteiger partial charge in [-0.3, -0.25) is 14.8 Å². The maximum Gasteiger partial charge on any atom is 0.258 e. The third-order valence-corrected chi connectivity index (χ3v) is 7.04. The van der Waals surface area contributed by atoms with Crippen molar-refractivity contribution in [2.24, 2.45) is 9.98 Å². The van der Waals surface area contributed by atoms with E-state index in [1.807, 2.05) is 0 Å². The van der Waals surface area contributed by atoms with Crippen LogP contribution in [0.25, 0.3) is 0 Å². The zero-order valence-electron chi connectivity index (χ0n) is 18.2. The molecule has 34 heavy (non-hydrogen) atoms. The summed E-state index contributed by atoms with van der Waals surface area (Å²) in [5.74, 6) is -0.174. The zero-order valence-corrected chi connectivity index (χ0v) is 22.1. The van der Waals surface area contributed by atoms with Gasteiger partial charge in [0.2, 0.25) is 0 Å². The van der Waals surface area contributed by atoms with E-state index in [0.717, 1.165) is 11.3 Å². The zero-order chi connectivity index (χ0) is 25.0. The van der Waals surface area contributed by atoms with Gasteiger partial charge in [-0.25, -0.2) is 0 Å². The maximum atomic E-state index is 15.1. The number of amides is 1. The van der Waals surface area contributed by atoms with E-state index >= 15 is 4.48 Å². The fourth-order valence-electron chi connectivity index (χ4n) is 3.06. The lowest BCUT2D eigenvalue weighted by molar-refractivity contribution is 0.102. The number of amidine groups is 1. The SMILES string of the molecule is C=Nc1c(C(=O)Nc2c(Cl)c(OC)c(Br)c(OC)c2Cl)csc1/C(=N\C)N(F)c1ccccc1. The van der Waals surface area contributed by atoms with Gasteiger partial charge in [-0.1, -0.05) is 45.9 Å². The van der Waals surface area contributed by atoms with Crippen LogP contribution < -0.4 is 19.9 Å². The molecule has 1 amide bonds. The minimum Gasteiger partial charge on any atom is -0.494 e. The topological polar surface area (TPSA) is 75.5 Å². The summed E-state index contributed by atoms with van der Waals surface area (Å²) >= 11 is 17.3. The van der Waals surface area contributed by atoms with Crippen LogP contribution in [0.1, 0.15) is 15.2 Å². The normalized spacial score (nSPS) is 11.2. The van der Waals surface area contributed by atoms with Crippen LogP contribution in [0, 0.1) is 0 Å². The van der Waals surface area contributed by atoms with E-state index in [9.17, 15) is 4.79 Å². The van der Waals surface area contributed by atoms with Gasteiger partial charge in [0.05, 0.1) is 41.7 Å². The summed E-state index contributed by atoms with van der Waals surface area (Å²) in [6, 6.07) is 8.34. The highest BCUT2D eigenvalue weighted by atomic mass is 79.9. The standard InChI is InChI=1S/C22H18BrCl2FN4O3S/c1-27-16-12(10-34-20(16)21(28-2)30(26)11-8-6-5-7-9-11)22(31)29-17-14(24)18(32-3)13(23)19(33-4)15(17)25/h5-10H,1H2,2-4H3,(H,29,31)/b28-21+. The van der Waals surface area contributed by atoms with Gasteiger partial charge in [-0.15, -0.1) is 11.3 Å². The lowest BCUT2D eigenvalue weighted by Crippen LogP contribution is -2.22. The Hall–Kier alpha value is -2.66. The number of halogens is 4. The van der Waals surface area contributed by atoms with E-state index < -0.39 is 5.91 Å². The Bertz CT molecular complexity index is 1240. The second-order valence-electron chi connectivity index (χ2n) is 6.49. The van der Waals surface area contributed by atoms with Crippen molar-refractivity contribution >= 4 is 86.0 Å². The number of ether oxygens (including phenoxy) is 2.